The summed E-state index contributed by atoms with van der Waals surface area (Å²) in [4.78, 5) is 14.1. The van der Waals surface area contributed by atoms with Crippen molar-refractivity contribution >= 4 is 40.8 Å². The highest BCUT2D eigenvalue weighted by molar-refractivity contribution is 7.80. The molecule has 0 heterocycles. The van der Waals surface area contributed by atoms with Gasteiger partial charge in [0.2, 0.25) is 5.91 Å². The number of nitrogens with zero attached hydrogens (tertiary/aromatic N) is 1. The van der Waals surface area contributed by atoms with E-state index < -0.39 is 0 Å². The number of carbonyl (C=O) groups is 1. The number of carbonyl (C=O) groups excluding carboxylic acids is 1. The Morgan fingerprint density at radius 3 is 2.60 bits per heavy atom. The van der Waals surface area contributed by atoms with E-state index in [1.165, 1.54) is 6.08 Å². The van der Waals surface area contributed by atoms with Crippen molar-refractivity contribution in [1.82, 2.24) is 4.90 Å². The molecular formula is C15H17ClN2OS. The number of nitrogens with two attached hydrogens (primary N) is 1. The van der Waals surface area contributed by atoms with Gasteiger partial charge in [-0.05, 0) is 23.8 Å². The second kappa shape index (κ2) is 8.51. The number of amides is 1. The molecule has 1 amide bonds. The second-order valence-electron chi connectivity index (χ2n) is 4.17. The molecule has 0 aliphatic rings. The van der Waals surface area contributed by atoms with Crippen LogP contribution >= 0.6 is 23.8 Å². The molecule has 0 saturated carbocycles. The summed E-state index contributed by atoms with van der Waals surface area (Å²) in [5.74, 6) is -0.101. The Bertz CT molecular complexity index is 511. The molecule has 5 heteroatoms. The van der Waals surface area contributed by atoms with Crippen molar-refractivity contribution in [2.75, 3.05) is 13.1 Å². The van der Waals surface area contributed by atoms with E-state index in [9.17, 15) is 4.79 Å². The first kappa shape index (κ1) is 16.4. The molecule has 0 aliphatic carbocycles. The van der Waals surface area contributed by atoms with Crippen LogP contribution in [0, 0.1) is 0 Å². The lowest BCUT2D eigenvalue weighted by molar-refractivity contribution is -0.125. The van der Waals surface area contributed by atoms with Gasteiger partial charge >= 0.3 is 0 Å². The first-order valence-electron chi connectivity index (χ1n) is 6.14. The SMILES string of the molecule is C=CCN(CCC(N)=S)C(=O)/C=C/c1ccc(Cl)cc1. The predicted molar refractivity (Wildman–Crippen MR) is 88.7 cm³/mol. The average molecular weight is 309 g/mol. The third kappa shape index (κ3) is 5.99. The summed E-state index contributed by atoms with van der Waals surface area (Å²) in [5.41, 5.74) is 6.37. The fourth-order valence-electron chi connectivity index (χ4n) is 1.54. The molecule has 1 rings (SSSR count). The van der Waals surface area contributed by atoms with E-state index in [1.54, 1.807) is 29.2 Å². The van der Waals surface area contributed by atoms with Gasteiger partial charge in [0, 0.05) is 30.6 Å². The molecule has 0 bridgehead atoms. The lowest BCUT2D eigenvalue weighted by Crippen LogP contribution is -2.32. The molecule has 0 unspecified atom stereocenters. The number of rotatable bonds is 7. The van der Waals surface area contributed by atoms with Crippen LogP contribution in [0.4, 0.5) is 0 Å². The molecule has 0 aromatic heterocycles. The summed E-state index contributed by atoms with van der Waals surface area (Å²) < 4.78 is 0. The summed E-state index contributed by atoms with van der Waals surface area (Å²) in [6.45, 7) is 4.60. The van der Waals surface area contributed by atoms with Crippen LogP contribution < -0.4 is 5.73 Å². The molecule has 0 atom stereocenters. The number of halogens is 1. The molecule has 0 saturated heterocycles. The van der Waals surface area contributed by atoms with Crippen molar-refractivity contribution < 1.29 is 4.79 Å². The maximum absolute atomic E-state index is 12.1. The van der Waals surface area contributed by atoms with Crippen LogP contribution in [0.1, 0.15) is 12.0 Å². The summed E-state index contributed by atoms with van der Waals surface area (Å²) in [5, 5.41) is 0.665. The maximum atomic E-state index is 12.1. The van der Waals surface area contributed by atoms with Gasteiger partial charge in [0.15, 0.2) is 0 Å². The fourth-order valence-corrected chi connectivity index (χ4v) is 1.76. The van der Waals surface area contributed by atoms with Gasteiger partial charge in [-0.15, -0.1) is 6.58 Å². The molecule has 0 fully saturated rings. The molecule has 20 heavy (non-hydrogen) atoms. The zero-order chi connectivity index (χ0) is 15.0. The summed E-state index contributed by atoms with van der Waals surface area (Å²) in [7, 11) is 0. The third-order valence-corrected chi connectivity index (χ3v) is 3.03. The van der Waals surface area contributed by atoms with Gasteiger partial charge in [-0.3, -0.25) is 4.79 Å². The molecule has 0 aliphatic heterocycles. The second-order valence-corrected chi connectivity index (χ2v) is 5.13. The van der Waals surface area contributed by atoms with Crippen LogP contribution in [0.5, 0.6) is 0 Å². The van der Waals surface area contributed by atoms with E-state index in [4.69, 9.17) is 29.6 Å². The largest absolute Gasteiger partial charge is 0.393 e. The molecule has 0 spiro atoms. The van der Waals surface area contributed by atoms with Gasteiger partial charge in [-0.1, -0.05) is 42.0 Å². The van der Waals surface area contributed by atoms with E-state index in [0.29, 0.717) is 29.5 Å². The third-order valence-electron chi connectivity index (χ3n) is 2.58. The van der Waals surface area contributed by atoms with Crippen LogP contribution in [0.2, 0.25) is 5.02 Å². The van der Waals surface area contributed by atoms with Crippen LogP contribution in [-0.2, 0) is 4.79 Å². The Balaban J connectivity index is 2.66. The Labute approximate surface area is 129 Å². The molecule has 0 radical (unpaired) electrons. The summed E-state index contributed by atoms with van der Waals surface area (Å²) in [6.07, 6.45) is 5.44. The van der Waals surface area contributed by atoms with Gasteiger partial charge in [-0.25, -0.2) is 0 Å². The highest BCUT2D eigenvalue weighted by Crippen LogP contribution is 2.10. The van der Waals surface area contributed by atoms with Crippen LogP contribution in [0.15, 0.2) is 43.0 Å². The van der Waals surface area contributed by atoms with Gasteiger partial charge in [0.1, 0.15) is 0 Å². The van der Waals surface area contributed by atoms with E-state index in [2.05, 4.69) is 6.58 Å². The molecule has 3 nitrogen and oxygen atoms in total. The van der Waals surface area contributed by atoms with Crippen molar-refractivity contribution in [3.8, 4) is 0 Å². The van der Waals surface area contributed by atoms with Crippen LogP contribution in [0.25, 0.3) is 6.08 Å². The Hall–Kier alpha value is -1.65. The Morgan fingerprint density at radius 1 is 1.40 bits per heavy atom. The minimum absolute atomic E-state index is 0.101. The zero-order valence-electron chi connectivity index (χ0n) is 11.1. The van der Waals surface area contributed by atoms with E-state index in [-0.39, 0.29) is 5.91 Å². The summed E-state index contributed by atoms with van der Waals surface area (Å²) in [6, 6.07) is 7.25. The highest BCUT2D eigenvalue weighted by atomic mass is 35.5. The van der Waals surface area contributed by atoms with Crippen molar-refractivity contribution in [3.63, 3.8) is 0 Å². The van der Waals surface area contributed by atoms with Crippen molar-refractivity contribution in [1.29, 1.82) is 0 Å². The van der Waals surface area contributed by atoms with Crippen LogP contribution in [0.3, 0.4) is 0 Å². The minimum atomic E-state index is -0.101. The van der Waals surface area contributed by atoms with E-state index in [1.807, 2.05) is 12.1 Å². The molecule has 1 aromatic carbocycles. The van der Waals surface area contributed by atoms with Gasteiger partial charge in [-0.2, -0.15) is 0 Å². The standard InChI is InChI=1S/C15H17ClN2OS/c1-2-10-18(11-9-14(17)20)15(19)8-5-12-3-6-13(16)7-4-12/h2-8H,1,9-11H2,(H2,17,20)/b8-5+. The number of hydrogen-bond acceptors (Lipinski definition) is 2. The topological polar surface area (TPSA) is 46.3 Å². The quantitative estimate of drug-likeness (QED) is 0.478. The number of hydrogen-bond donors (Lipinski definition) is 1. The average Bonchev–Trinajstić information content (AvgIpc) is 2.42. The maximum Gasteiger partial charge on any atom is 0.246 e. The molecule has 106 valence electrons. The van der Waals surface area contributed by atoms with Crippen molar-refractivity contribution in [2.45, 2.75) is 6.42 Å². The normalized spacial score (nSPS) is 10.4. The lowest BCUT2D eigenvalue weighted by atomic mass is 10.2. The van der Waals surface area contributed by atoms with Gasteiger partial charge in [0.25, 0.3) is 0 Å². The van der Waals surface area contributed by atoms with Crippen molar-refractivity contribution in [2.24, 2.45) is 5.73 Å². The van der Waals surface area contributed by atoms with Crippen molar-refractivity contribution in [3.05, 3.63) is 53.6 Å². The smallest absolute Gasteiger partial charge is 0.246 e. The number of thiocarbonyl (C=S) groups is 1. The monoisotopic (exact) mass is 308 g/mol. The van der Waals surface area contributed by atoms with Gasteiger partial charge < -0.3 is 10.6 Å². The fraction of sp³-hybridized carbons (Fsp3) is 0.200. The molecular weight excluding hydrogens is 292 g/mol. The van der Waals surface area contributed by atoms with E-state index >= 15 is 0 Å². The molecule has 2 N–H and O–H groups in total. The first-order valence-corrected chi connectivity index (χ1v) is 6.93. The first-order chi connectivity index (χ1) is 9.52. The zero-order valence-corrected chi connectivity index (χ0v) is 12.7. The van der Waals surface area contributed by atoms with Gasteiger partial charge in [0.05, 0.1) is 4.99 Å². The predicted octanol–water partition coefficient (Wildman–Crippen LogP) is 3.04. The Morgan fingerprint density at radius 2 is 2.05 bits per heavy atom. The minimum Gasteiger partial charge on any atom is -0.393 e. The Kier molecular flexibility index (Phi) is 6.98. The number of benzene rings is 1. The van der Waals surface area contributed by atoms with Crippen LogP contribution in [-0.4, -0.2) is 28.9 Å². The summed E-state index contributed by atoms with van der Waals surface area (Å²) >= 11 is 10.6. The van der Waals surface area contributed by atoms with E-state index in [0.717, 1.165) is 5.56 Å². The highest BCUT2D eigenvalue weighted by Gasteiger charge is 2.08. The molecule has 1 aromatic rings. The lowest BCUT2D eigenvalue weighted by Gasteiger charge is -2.18.